The van der Waals surface area contributed by atoms with Gasteiger partial charge in [-0.3, -0.25) is 4.68 Å². The molecule has 0 radical (unpaired) electrons. The number of aryl methyl sites for hydroxylation is 2. The van der Waals surface area contributed by atoms with E-state index in [1.165, 1.54) is 31.2 Å². The maximum absolute atomic E-state index is 4.15. The Bertz CT molecular complexity index is 258. The van der Waals surface area contributed by atoms with Crippen LogP contribution in [0.2, 0.25) is 0 Å². The number of halogens is 1. The molecule has 2 nitrogen and oxygen atoms in total. The van der Waals surface area contributed by atoms with Crippen molar-refractivity contribution < 1.29 is 0 Å². The third-order valence-electron chi connectivity index (χ3n) is 2.43. The molecule has 1 aromatic rings. The van der Waals surface area contributed by atoms with E-state index in [0.29, 0.717) is 4.83 Å². The molecule has 0 saturated carbocycles. The van der Waals surface area contributed by atoms with E-state index in [-0.39, 0.29) is 0 Å². The van der Waals surface area contributed by atoms with Gasteiger partial charge in [0.05, 0.1) is 6.20 Å². The molecule has 0 fully saturated rings. The summed E-state index contributed by atoms with van der Waals surface area (Å²) in [5.41, 5.74) is 1.36. The van der Waals surface area contributed by atoms with E-state index in [1.54, 1.807) is 0 Å². The third kappa shape index (κ3) is 4.27. The maximum atomic E-state index is 4.15. The highest BCUT2D eigenvalue weighted by Crippen LogP contribution is 2.14. The second-order valence-electron chi connectivity index (χ2n) is 3.77. The standard InChI is InChI=1S/C11H19BrN2/c1-3-11(12)7-5-4-6-10-8-13-14(2)9-10/h8-9,11H,3-7H2,1-2H3. The van der Waals surface area contributed by atoms with Crippen LogP contribution in [-0.4, -0.2) is 14.6 Å². The predicted octanol–water partition coefficient (Wildman–Crippen LogP) is 3.31. The monoisotopic (exact) mass is 258 g/mol. The van der Waals surface area contributed by atoms with Crippen LogP contribution in [-0.2, 0) is 13.5 Å². The van der Waals surface area contributed by atoms with Crippen molar-refractivity contribution in [2.45, 2.75) is 43.9 Å². The molecule has 0 bridgehead atoms. The molecule has 1 atom stereocenters. The highest BCUT2D eigenvalue weighted by molar-refractivity contribution is 9.09. The molecule has 0 spiro atoms. The fraction of sp³-hybridized carbons (Fsp3) is 0.727. The van der Waals surface area contributed by atoms with Crippen LogP contribution in [0.5, 0.6) is 0 Å². The summed E-state index contributed by atoms with van der Waals surface area (Å²) in [5.74, 6) is 0. The van der Waals surface area contributed by atoms with Gasteiger partial charge in [-0.05, 0) is 31.2 Å². The van der Waals surface area contributed by atoms with Gasteiger partial charge in [0, 0.05) is 18.1 Å². The van der Waals surface area contributed by atoms with Crippen LogP contribution in [0.4, 0.5) is 0 Å². The van der Waals surface area contributed by atoms with Crippen molar-refractivity contribution in [3.8, 4) is 0 Å². The van der Waals surface area contributed by atoms with E-state index in [4.69, 9.17) is 0 Å². The zero-order chi connectivity index (χ0) is 10.4. The van der Waals surface area contributed by atoms with Crippen molar-refractivity contribution in [2.24, 2.45) is 7.05 Å². The molecule has 0 aromatic carbocycles. The molecule has 0 aliphatic rings. The van der Waals surface area contributed by atoms with Crippen LogP contribution in [0, 0.1) is 0 Å². The van der Waals surface area contributed by atoms with Gasteiger partial charge in [0.2, 0.25) is 0 Å². The van der Waals surface area contributed by atoms with Crippen molar-refractivity contribution in [2.75, 3.05) is 0 Å². The second-order valence-corrected chi connectivity index (χ2v) is 5.07. The van der Waals surface area contributed by atoms with Gasteiger partial charge in [-0.15, -0.1) is 0 Å². The lowest BCUT2D eigenvalue weighted by Gasteiger charge is -2.04. The van der Waals surface area contributed by atoms with Crippen LogP contribution in [0.3, 0.4) is 0 Å². The maximum Gasteiger partial charge on any atom is 0.0521 e. The van der Waals surface area contributed by atoms with Crippen LogP contribution in [0.1, 0.15) is 38.2 Å². The molecule has 1 rings (SSSR count). The Morgan fingerprint density at radius 3 is 2.86 bits per heavy atom. The third-order valence-corrected chi connectivity index (χ3v) is 3.54. The van der Waals surface area contributed by atoms with Crippen LogP contribution < -0.4 is 0 Å². The summed E-state index contributed by atoms with van der Waals surface area (Å²) >= 11 is 3.65. The molecule has 0 amide bonds. The highest BCUT2D eigenvalue weighted by atomic mass is 79.9. The number of unbranched alkanes of at least 4 members (excludes halogenated alkanes) is 1. The lowest BCUT2D eigenvalue weighted by Crippen LogP contribution is -1.95. The Morgan fingerprint density at radius 1 is 1.50 bits per heavy atom. The van der Waals surface area contributed by atoms with E-state index in [9.17, 15) is 0 Å². The summed E-state index contributed by atoms with van der Waals surface area (Å²) in [4.78, 5) is 0.705. The van der Waals surface area contributed by atoms with Crippen LogP contribution in [0.25, 0.3) is 0 Å². The first kappa shape index (κ1) is 11.8. The van der Waals surface area contributed by atoms with E-state index in [2.05, 4.69) is 34.1 Å². The van der Waals surface area contributed by atoms with Gasteiger partial charge in [-0.2, -0.15) is 5.10 Å². The van der Waals surface area contributed by atoms with Gasteiger partial charge in [-0.1, -0.05) is 29.3 Å². The molecule has 14 heavy (non-hydrogen) atoms. The fourth-order valence-electron chi connectivity index (χ4n) is 1.50. The van der Waals surface area contributed by atoms with Crippen molar-refractivity contribution in [1.82, 2.24) is 9.78 Å². The SMILES string of the molecule is CCC(Br)CCCCc1cnn(C)c1. The van der Waals surface area contributed by atoms with Gasteiger partial charge in [-0.25, -0.2) is 0 Å². The minimum Gasteiger partial charge on any atom is -0.276 e. The first-order valence-corrected chi connectivity index (χ1v) is 6.25. The van der Waals surface area contributed by atoms with E-state index >= 15 is 0 Å². The first-order chi connectivity index (χ1) is 6.72. The second kappa shape index (κ2) is 6.23. The Hall–Kier alpha value is -0.310. The van der Waals surface area contributed by atoms with Gasteiger partial charge in [0.1, 0.15) is 0 Å². The molecular weight excluding hydrogens is 240 g/mol. The zero-order valence-corrected chi connectivity index (χ0v) is 10.6. The van der Waals surface area contributed by atoms with E-state index in [0.717, 1.165) is 6.42 Å². The molecular formula is C11H19BrN2. The molecule has 0 saturated heterocycles. The highest BCUT2D eigenvalue weighted by Gasteiger charge is 2.01. The molecule has 1 unspecified atom stereocenters. The Balaban J connectivity index is 2.10. The van der Waals surface area contributed by atoms with Crippen molar-refractivity contribution >= 4 is 15.9 Å². The summed E-state index contributed by atoms with van der Waals surface area (Å²) in [6.07, 6.45) is 10.3. The van der Waals surface area contributed by atoms with E-state index < -0.39 is 0 Å². The van der Waals surface area contributed by atoms with Gasteiger partial charge in [0.25, 0.3) is 0 Å². The lowest BCUT2D eigenvalue weighted by molar-refractivity contribution is 0.649. The number of hydrogen-bond donors (Lipinski definition) is 0. The van der Waals surface area contributed by atoms with Crippen molar-refractivity contribution in [3.63, 3.8) is 0 Å². The summed E-state index contributed by atoms with van der Waals surface area (Å²) in [5, 5.41) is 4.15. The average Bonchev–Trinajstić information content (AvgIpc) is 2.58. The van der Waals surface area contributed by atoms with E-state index in [1.807, 2.05) is 17.9 Å². The minimum atomic E-state index is 0.705. The molecule has 3 heteroatoms. The summed E-state index contributed by atoms with van der Waals surface area (Å²) in [6, 6.07) is 0. The predicted molar refractivity (Wildman–Crippen MR) is 63.8 cm³/mol. The minimum absolute atomic E-state index is 0.705. The number of nitrogens with zero attached hydrogens (tertiary/aromatic N) is 2. The first-order valence-electron chi connectivity index (χ1n) is 5.34. The number of alkyl halides is 1. The Labute approximate surface area is 94.8 Å². The molecule has 0 aliphatic heterocycles. The summed E-state index contributed by atoms with van der Waals surface area (Å²) < 4.78 is 1.87. The fourth-order valence-corrected chi connectivity index (χ4v) is 1.82. The van der Waals surface area contributed by atoms with Gasteiger partial charge >= 0.3 is 0 Å². The number of rotatable bonds is 6. The Morgan fingerprint density at radius 2 is 2.29 bits per heavy atom. The lowest BCUT2D eigenvalue weighted by atomic mass is 10.1. The normalized spacial score (nSPS) is 13.1. The van der Waals surface area contributed by atoms with Crippen LogP contribution >= 0.6 is 15.9 Å². The van der Waals surface area contributed by atoms with Gasteiger partial charge in [0.15, 0.2) is 0 Å². The molecule has 0 aliphatic carbocycles. The Kier molecular flexibility index (Phi) is 5.23. The van der Waals surface area contributed by atoms with Gasteiger partial charge < -0.3 is 0 Å². The number of aromatic nitrogens is 2. The topological polar surface area (TPSA) is 17.8 Å². The quantitative estimate of drug-likeness (QED) is 0.566. The zero-order valence-electron chi connectivity index (χ0n) is 9.04. The van der Waals surface area contributed by atoms with Crippen molar-refractivity contribution in [1.29, 1.82) is 0 Å². The largest absolute Gasteiger partial charge is 0.276 e. The molecule has 0 N–H and O–H groups in total. The van der Waals surface area contributed by atoms with Crippen LogP contribution in [0.15, 0.2) is 12.4 Å². The molecule has 80 valence electrons. The smallest absolute Gasteiger partial charge is 0.0521 e. The molecule has 1 aromatic heterocycles. The van der Waals surface area contributed by atoms with Crippen molar-refractivity contribution in [3.05, 3.63) is 18.0 Å². The molecule has 1 heterocycles. The number of hydrogen-bond acceptors (Lipinski definition) is 1. The summed E-state index contributed by atoms with van der Waals surface area (Å²) in [6.45, 7) is 2.22. The average molecular weight is 259 g/mol. The summed E-state index contributed by atoms with van der Waals surface area (Å²) in [7, 11) is 1.97.